The summed E-state index contributed by atoms with van der Waals surface area (Å²) in [5.41, 5.74) is 10.7. The standard InChI is InChI=1S/C24H21N3O4.3C23H19N3O3.C22H17N3O2/c1-29-17-8-4-15(5-9-17)22-25-23(16-6-10-18(30-2)11-7-16)27-24(26-22)20-13-12-19(31-3)14-21(20)28;1-28-16-13-11-15(12-14-16)21-24-22(17-7-3-5-9-19(17)27)26-23(25-21)18-8-4-6-10-20(18)29-2;1-28-17-11-7-15(8-12-17)21-24-22(16-9-13-18(29-2)14-10-16)26-23(25-21)19-5-3-4-6-20(19)27;1-28-17-10-8-16(9-11-17)22-24-21(15-6-4-3-5-7-15)25-23(26-22)19-13-12-18(29-2)14-20(19)27;1-27-19-14-8-6-12-17(19)22-24-20(15-9-3-2-4-10-15)23-21(25-22)16-11-5-7-13-18(16)26/h4-14,28H,1-3H3;3*3-14,27H,1-2H3;2-14,26H,1H3. The number of hydrogen-bond donors (Lipinski definition) is 5. The molecule has 5 N–H and O–H groups in total. The van der Waals surface area contributed by atoms with E-state index in [1.54, 1.807) is 150 Å². The number of para-hydroxylation sites is 5. The molecule has 0 aliphatic rings. The minimum atomic E-state index is 0.0203. The summed E-state index contributed by atoms with van der Waals surface area (Å²) in [4.78, 5) is 69.4. The van der Waals surface area contributed by atoms with E-state index in [9.17, 15) is 25.5 Å². The normalized spacial score (nSPS) is 10.6. The number of hydrogen-bond acceptors (Lipinski definition) is 30. The molecule has 0 amide bonds. The Hall–Kier alpha value is -19.6. The van der Waals surface area contributed by atoms with Crippen molar-refractivity contribution in [2.45, 2.75) is 0 Å². The second-order valence-corrected chi connectivity index (χ2v) is 31.4. The minimum Gasteiger partial charge on any atom is -0.507 e. The van der Waals surface area contributed by atoms with Crippen LogP contribution in [0.4, 0.5) is 0 Å². The zero-order valence-electron chi connectivity index (χ0n) is 80.2. The van der Waals surface area contributed by atoms with Crippen molar-refractivity contribution in [3.8, 4) is 257 Å². The van der Waals surface area contributed by atoms with Gasteiger partial charge in [0.2, 0.25) is 0 Å². The molecule has 0 saturated heterocycles. The fourth-order valence-corrected chi connectivity index (χ4v) is 14.7. The van der Waals surface area contributed by atoms with Crippen LogP contribution in [0.15, 0.2) is 364 Å². The summed E-state index contributed by atoms with van der Waals surface area (Å²) in [7, 11) is 16.0. The predicted octanol–water partition coefficient (Wildman–Crippen LogP) is 23.0. The molecule has 145 heavy (non-hydrogen) atoms. The van der Waals surface area contributed by atoms with Crippen LogP contribution in [0.3, 0.4) is 0 Å². The van der Waals surface area contributed by atoms with Gasteiger partial charge in [0, 0.05) is 56.6 Å². The molecule has 0 fully saturated rings. The van der Waals surface area contributed by atoms with Gasteiger partial charge in [0.05, 0.1) is 110 Å². The highest BCUT2D eigenvalue weighted by molar-refractivity contribution is 5.78. The number of ether oxygens (including phenoxy) is 10. The minimum absolute atomic E-state index is 0.0203. The lowest BCUT2D eigenvalue weighted by Gasteiger charge is -2.11. The van der Waals surface area contributed by atoms with Crippen LogP contribution in [0.5, 0.6) is 86.2 Å². The Balaban J connectivity index is 0.000000130. The fraction of sp³-hybridized carbons (Fsp3) is 0.0870. The van der Waals surface area contributed by atoms with Gasteiger partial charge in [0.25, 0.3) is 0 Å². The molecule has 0 saturated carbocycles. The van der Waals surface area contributed by atoms with Crippen LogP contribution in [-0.2, 0) is 0 Å². The van der Waals surface area contributed by atoms with E-state index in [1.807, 2.05) is 273 Å². The van der Waals surface area contributed by atoms with E-state index in [0.29, 0.717) is 138 Å². The van der Waals surface area contributed by atoms with Crippen molar-refractivity contribution in [1.82, 2.24) is 74.8 Å². The molecule has 15 aromatic carbocycles. The molecule has 0 aliphatic heterocycles. The lowest BCUT2D eigenvalue weighted by molar-refractivity contribution is 0.407. The van der Waals surface area contributed by atoms with Crippen LogP contribution < -0.4 is 47.4 Å². The molecule has 0 unspecified atom stereocenters. The van der Waals surface area contributed by atoms with Gasteiger partial charge < -0.3 is 72.9 Å². The molecule has 30 nitrogen and oxygen atoms in total. The van der Waals surface area contributed by atoms with Crippen molar-refractivity contribution < 1.29 is 72.9 Å². The summed E-state index contributed by atoms with van der Waals surface area (Å²) in [6, 6.07) is 110. The molecule has 20 rings (SSSR count). The number of aromatic nitrogens is 15. The fourth-order valence-electron chi connectivity index (χ4n) is 14.7. The summed E-state index contributed by atoms with van der Waals surface area (Å²) >= 11 is 0. The van der Waals surface area contributed by atoms with Gasteiger partial charge in [0.1, 0.15) is 86.2 Å². The van der Waals surface area contributed by atoms with E-state index in [1.165, 1.54) is 12.1 Å². The maximum Gasteiger partial charge on any atom is 0.167 e. The molecule has 0 spiro atoms. The summed E-state index contributed by atoms with van der Waals surface area (Å²) in [6.07, 6.45) is 0. The van der Waals surface area contributed by atoms with Crippen LogP contribution in [0, 0.1) is 0 Å². The Morgan fingerprint density at radius 3 is 0.490 bits per heavy atom. The Bertz CT molecular complexity index is 7620. The largest absolute Gasteiger partial charge is 0.507 e. The molecule has 30 heteroatoms. The molecule has 20 aromatic rings. The number of methoxy groups -OCH3 is 10. The van der Waals surface area contributed by atoms with Gasteiger partial charge in [-0.05, 0) is 231 Å². The number of phenolic OH excluding ortho intramolecular Hbond substituents is 5. The zero-order chi connectivity index (χ0) is 101. The van der Waals surface area contributed by atoms with E-state index < -0.39 is 0 Å². The van der Waals surface area contributed by atoms with E-state index in [0.717, 1.165) is 90.1 Å². The van der Waals surface area contributed by atoms with Crippen LogP contribution >= 0.6 is 0 Å². The predicted molar refractivity (Wildman–Crippen MR) is 555 cm³/mol. The summed E-state index contributed by atoms with van der Waals surface area (Å²) < 4.78 is 52.7. The molecule has 0 aliphatic carbocycles. The Labute approximate surface area is 835 Å². The van der Waals surface area contributed by atoms with Gasteiger partial charge in [0.15, 0.2) is 87.4 Å². The van der Waals surface area contributed by atoms with E-state index in [2.05, 4.69) is 74.8 Å². The monoisotopic (exact) mass is 1930 g/mol. The molecule has 0 bridgehead atoms. The smallest absolute Gasteiger partial charge is 0.167 e. The average molecular weight is 1930 g/mol. The Morgan fingerprint density at radius 2 is 0.290 bits per heavy atom. The molecule has 5 heterocycles. The highest BCUT2D eigenvalue weighted by Gasteiger charge is 2.24. The number of aromatic hydroxyl groups is 5. The molecule has 0 radical (unpaired) electrons. The van der Waals surface area contributed by atoms with Crippen molar-refractivity contribution in [1.29, 1.82) is 0 Å². The molecule has 5 aromatic heterocycles. The maximum atomic E-state index is 10.5. The van der Waals surface area contributed by atoms with Crippen molar-refractivity contribution >= 4 is 0 Å². The third-order valence-corrected chi connectivity index (χ3v) is 22.4. The van der Waals surface area contributed by atoms with Gasteiger partial charge in [-0.2, -0.15) is 0 Å². The highest BCUT2D eigenvalue weighted by Crippen LogP contribution is 2.41. The summed E-state index contributed by atoms with van der Waals surface area (Å²) in [5, 5.41) is 51.9. The van der Waals surface area contributed by atoms with Gasteiger partial charge in [-0.25, -0.2) is 74.8 Å². The van der Waals surface area contributed by atoms with Gasteiger partial charge in [-0.1, -0.05) is 121 Å². The number of nitrogens with zero attached hydrogens (tertiary/aromatic N) is 15. The first-order valence-corrected chi connectivity index (χ1v) is 45.1. The molecular weight excluding hydrogens is 1830 g/mol. The van der Waals surface area contributed by atoms with Crippen LogP contribution in [0.1, 0.15) is 0 Å². The zero-order valence-corrected chi connectivity index (χ0v) is 80.2. The highest BCUT2D eigenvalue weighted by atomic mass is 16.5. The quantitative estimate of drug-likeness (QED) is 0.0355. The summed E-state index contributed by atoms with van der Waals surface area (Å²) in [6.45, 7) is 0. The Kier molecular flexibility index (Phi) is 32.0. The first-order chi connectivity index (χ1) is 70.9. The van der Waals surface area contributed by atoms with Crippen molar-refractivity contribution in [2.24, 2.45) is 0 Å². The van der Waals surface area contributed by atoms with E-state index in [4.69, 9.17) is 47.4 Å². The van der Waals surface area contributed by atoms with Crippen molar-refractivity contribution in [2.75, 3.05) is 71.1 Å². The van der Waals surface area contributed by atoms with E-state index >= 15 is 0 Å². The Morgan fingerprint density at radius 1 is 0.131 bits per heavy atom. The second-order valence-electron chi connectivity index (χ2n) is 31.4. The number of rotatable bonds is 25. The average Bonchev–Trinajstić information content (AvgIpc) is 0.841. The van der Waals surface area contributed by atoms with E-state index in [-0.39, 0.29) is 28.7 Å². The maximum absolute atomic E-state index is 10.5. The third-order valence-electron chi connectivity index (χ3n) is 22.4. The van der Waals surface area contributed by atoms with Gasteiger partial charge in [-0.15, -0.1) is 0 Å². The summed E-state index contributed by atoms with van der Waals surface area (Å²) in [5.74, 6) is 14.2. The van der Waals surface area contributed by atoms with Crippen molar-refractivity contribution in [3.05, 3.63) is 364 Å². The van der Waals surface area contributed by atoms with Gasteiger partial charge in [-0.3, -0.25) is 0 Å². The lowest BCUT2D eigenvalue weighted by atomic mass is 10.1. The lowest BCUT2D eigenvalue weighted by Crippen LogP contribution is -2.01. The van der Waals surface area contributed by atoms with Crippen LogP contribution in [-0.4, -0.2) is 171 Å². The van der Waals surface area contributed by atoms with Crippen LogP contribution in [0.25, 0.3) is 171 Å². The van der Waals surface area contributed by atoms with Crippen LogP contribution in [0.2, 0.25) is 0 Å². The number of phenols is 5. The number of benzene rings is 15. The van der Waals surface area contributed by atoms with Crippen molar-refractivity contribution in [3.63, 3.8) is 0 Å². The first-order valence-electron chi connectivity index (χ1n) is 45.1. The first kappa shape index (κ1) is 98.4. The van der Waals surface area contributed by atoms with Gasteiger partial charge >= 0.3 is 0 Å². The molecule has 0 atom stereocenters. The molecular formula is C115H95N15O15. The SMILES string of the molecule is COc1ccc(-c2nc(-c3ccc(OC)cc3)nc(-c3ccc(OC)cc3O)n2)cc1.COc1ccc(-c2nc(-c3ccc(OC)cc3)nc(-c3ccccc3O)n2)cc1.COc1ccc(-c2nc(-c3ccccc3)nc(-c3ccc(OC)cc3O)n2)cc1.COc1ccc(-c2nc(-c3ccccc3O)nc(-c3ccccc3OC)n2)cc1.COc1ccccc1-c1nc(-c2ccccc2)nc(-c2ccccc2O)n1. The molecule has 720 valence electrons. The topological polar surface area (TPSA) is 387 Å². The second kappa shape index (κ2) is 47.1. The third kappa shape index (κ3) is 24.2.